The number of hydrogen-bond donors (Lipinski definition) is 4. The molecule has 1 heterocycles. The van der Waals surface area contributed by atoms with Gasteiger partial charge < -0.3 is 20.6 Å². The average Bonchev–Trinajstić information content (AvgIpc) is 2.94. The Hall–Kier alpha value is -1.50. The summed E-state index contributed by atoms with van der Waals surface area (Å²) in [6.07, 6.45) is 1.35. The van der Waals surface area contributed by atoms with Gasteiger partial charge in [0.1, 0.15) is 11.5 Å². The van der Waals surface area contributed by atoms with Crippen LogP contribution < -0.4 is 5.32 Å². The van der Waals surface area contributed by atoms with Crippen LogP contribution in [-0.4, -0.2) is 51.4 Å². The summed E-state index contributed by atoms with van der Waals surface area (Å²) in [5, 5.41) is 34.3. The van der Waals surface area contributed by atoms with E-state index < -0.39 is 29.6 Å². The van der Waals surface area contributed by atoms with Crippen LogP contribution in [0.2, 0.25) is 0 Å². The van der Waals surface area contributed by atoms with Gasteiger partial charge in [-0.3, -0.25) is 9.59 Å². The van der Waals surface area contributed by atoms with E-state index in [2.05, 4.69) is 33.0 Å². The van der Waals surface area contributed by atoms with Crippen molar-refractivity contribution in [2.24, 2.45) is 29.1 Å². The van der Waals surface area contributed by atoms with Gasteiger partial charge in [-0.25, -0.2) is 0 Å². The zero-order valence-electron chi connectivity index (χ0n) is 18.8. The van der Waals surface area contributed by atoms with E-state index in [0.717, 1.165) is 12.0 Å². The van der Waals surface area contributed by atoms with Crippen molar-refractivity contribution in [3.8, 4) is 0 Å². The van der Waals surface area contributed by atoms with Gasteiger partial charge in [-0.15, -0.1) is 0 Å². The first kappa shape index (κ1) is 23.2. The van der Waals surface area contributed by atoms with Crippen molar-refractivity contribution in [1.82, 2.24) is 5.32 Å². The Morgan fingerprint density at radius 3 is 2.43 bits per heavy atom. The van der Waals surface area contributed by atoms with Gasteiger partial charge in [0.15, 0.2) is 5.78 Å². The molecule has 0 radical (unpaired) electrons. The third kappa shape index (κ3) is 3.78. The molecule has 1 spiro atoms. The second kappa shape index (κ2) is 8.56. The third-order valence-corrected chi connectivity index (χ3v) is 7.54. The van der Waals surface area contributed by atoms with E-state index in [0.29, 0.717) is 18.8 Å². The van der Waals surface area contributed by atoms with E-state index >= 15 is 0 Å². The Morgan fingerprint density at radius 2 is 1.80 bits per heavy atom. The molecule has 8 atom stereocenters. The minimum Gasteiger partial charge on any atom is -0.390 e. The van der Waals surface area contributed by atoms with Crippen LogP contribution in [0.5, 0.6) is 0 Å². The van der Waals surface area contributed by atoms with E-state index in [-0.39, 0.29) is 36.0 Å². The van der Waals surface area contributed by atoms with Crippen molar-refractivity contribution in [3.05, 3.63) is 23.3 Å². The van der Waals surface area contributed by atoms with Gasteiger partial charge in [-0.1, -0.05) is 44.1 Å². The molecule has 6 nitrogen and oxygen atoms in total. The lowest BCUT2D eigenvalue weighted by molar-refractivity contribution is -0.148. The Bertz CT molecular complexity index is 757. The topological polar surface area (TPSA) is 107 Å². The summed E-state index contributed by atoms with van der Waals surface area (Å²) < 4.78 is 0. The standard InChI is InChI=1S/C24H37NO5/c1-12(2)8-17-21-15(5)14(4)10-16-9-13(3)6-7-18(26)22(29)19(27)11-20(28)24(16,21)23(30)25-17/h9-10,12,15-19,21-22,26-27,29H,6-8,11H2,1-5H3,(H,25,30)/b13-9+/t15-,16+,17+,18+,19+,21+,22+,24-/m1/s1. The lowest BCUT2D eigenvalue weighted by Gasteiger charge is -2.45. The normalized spacial score (nSPS) is 44.4. The fraction of sp³-hybridized carbons (Fsp3) is 0.750. The summed E-state index contributed by atoms with van der Waals surface area (Å²) in [6.45, 7) is 10.3. The number of amides is 1. The molecule has 2 aliphatic carbocycles. The molecule has 1 saturated heterocycles. The van der Waals surface area contributed by atoms with Crippen LogP contribution in [0.3, 0.4) is 0 Å². The Kier molecular flexibility index (Phi) is 6.61. The van der Waals surface area contributed by atoms with Crippen molar-refractivity contribution in [3.63, 3.8) is 0 Å². The number of carbonyl (C=O) groups excluding carboxylic acids is 2. The van der Waals surface area contributed by atoms with Crippen LogP contribution in [0.1, 0.15) is 60.3 Å². The predicted molar refractivity (Wildman–Crippen MR) is 114 cm³/mol. The van der Waals surface area contributed by atoms with Crippen LogP contribution in [0.4, 0.5) is 0 Å². The summed E-state index contributed by atoms with van der Waals surface area (Å²) in [6, 6.07) is -0.117. The lowest BCUT2D eigenvalue weighted by atomic mass is 9.54. The van der Waals surface area contributed by atoms with Crippen molar-refractivity contribution in [2.45, 2.75) is 84.7 Å². The molecule has 0 aromatic carbocycles. The quantitative estimate of drug-likeness (QED) is 0.405. The minimum absolute atomic E-state index is 0.0411. The highest BCUT2D eigenvalue weighted by Gasteiger charge is 2.65. The SMILES string of the molecule is CC1=C[C@@H]2/C=C(\C)CC[C@H](O)[C@H](O)[C@@H](O)CC(=O)[C@]23C(=O)N[C@@H](CC(C)C)[C@@H]3[C@@H]1C. The van der Waals surface area contributed by atoms with Crippen molar-refractivity contribution >= 4 is 11.7 Å². The summed E-state index contributed by atoms with van der Waals surface area (Å²) in [5.41, 5.74) is 0.834. The molecule has 1 aliphatic heterocycles. The first-order chi connectivity index (χ1) is 14.0. The smallest absolute Gasteiger partial charge is 0.235 e. The van der Waals surface area contributed by atoms with Crippen LogP contribution in [0.25, 0.3) is 0 Å². The van der Waals surface area contributed by atoms with Crippen LogP contribution in [0, 0.1) is 29.1 Å². The zero-order valence-corrected chi connectivity index (χ0v) is 18.8. The molecule has 168 valence electrons. The van der Waals surface area contributed by atoms with Gasteiger partial charge >= 0.3 is 0 Å². The Morgan fingerprint density at radius 1 is 1.13 bits per heavy atom. The molecule has 0 aromatic rings. The fourth-order valence-electron chi connectivity index (χ4n) is 5.88. The summed E-state index contributed by atoms with van der Waals surface area (Å²) in [5.74, 6) is -0.827. The molecule has 3 aliphatic rings. The number of carbonyl (C=O) groups is 2. The monoisotopic (exact) mass is 419 g/mol. The fourth-order valence-corrected chi connectivity index (χ4v) is 5.88. The molecule has 0 bridgehead atoms. The number of rotatable bonds is 2. The number of Topliss-reactive ketones (excluding diaryl/α,β-unsaturated/α-hetero) is 1. The molecule has 1 fully saturated rings. The first-order valence-corrected chi connectivity index (χ1v) is 11.2. The van der Waals surface area contributed by atoms with Crippen LogP contribution >= 0.6 is 0 Å². The van der Waals surface area contributed by atoms with Crippen molar-refractivity contribution in [2.75, 3.05) is 0 Å². The van der Waals surface area contributed by atoms with Gasteiger partial charge in [-0.2, -0.15) is 0 Å². The summed E-state index contributed by atoms with van der Waals surface area (Å²) in [7, 11) is 0. The zero-order chi connectivity index (χ0) is 22.4. The largest absolute Gasteiger partial charge is 0.390 e. The average molecular weight is 420 g/mol. The van der Waals surface area contributed by atoms with E-state index in [1.165, 1.54) is 5.57 Å². The molecule has 30 heavy (non-hydrogen) atoms. The number of nitrogens with one attached hydrogen (secondary N) is 1. The maximum absolute atomic E-state index is 13.8. The molecule has 0 saturated carbocycles. The van der Waals surface area contributed by atoms with E-state index in [1.54, 1.807) is 0 Å². The summed E-state index contributed by atoms with van der Waals surface area (Å²) in [4.78, 5) is 27.3. The van der Waals surface area contributed by atoms with Crippen molar-refractivity contribution in [1.29, 1.82) is 0 Å². The lowest BCUT2D eigenvalue weighted by Crippen LogP contribution is -2.53. The molecular formula is C24H37NO5. The van der Waals surface area contributed by atoms with Crippen molar-refractivity contribution < 1.29 is 24.9 Å². The Labute approximate surface area is 179 Å². The number of aliphatic hydroxyl groups excluding tert-OH is 3. The van der Waals surface area contributed by atoms with E-state index in [4.69, 9.17) is 0 Å². The second-order valence-electron chi connectivity index (χ2n) is 10.1. The van der Waals surface area contributed by atoms with Crippen LogP contribution in [0.15, 0.2) is 23.3 Å². The third-order valence-electron chi connectivity index (χ3n) is 7.54. The molecule has 6 heteroatoms. The molecule has 4 N–H and O–H groups in total. The minimum atomic E-state index is -1.41. The number of hydrogen-bond acceptors (Lipinski definition) is 5. The van der Waals surface area contributed by atoms with Gasteiger partial charge in [0.25, 0.3) is 0 Å². The molecule has 3 rings (SSSR count). The highest BCUT2D eigenvalue weighted by Crippen LogP contribution is 2.55. The first-order valence-electron chi connectivity index (χ1n) is 11.2. The van der Waals surface area contributed by atoms with Gasteiger partial charge in [0.2, 0.25) is 5.91 Å². The number of allylic oxidation sites excluding steroid dienone is 4. The summed E-state index contributed by atoms with van der Waals surface area (Å²) >= 11 is 0. The maximum atomic E-state index is 13.8. The Balaban J connectivity index is 2.18. The van der Waals surface area contributed by atoms with Gasteiger partial charge in [0.05, 0.1) is 12.2 Å². The molecule has 0 unspecified atom stereocenters. The van der Waals surface area contributed by atoms with Crippen LogP contribution in [-0.2, 0) is 9.59 Å². The van der Waals surface area contributed by atoms with Gasteiger partial charge in [0, 0.05) is 24.3 Å². The maximum Gasteiger partial charge on any atom is 0.235 e. The van der Waals surface area contributed by atoms with Gasteiger partial charge in [-0.05, 0) is 44.9 Å². The molecular weight excluding hydrogens is 382 g/mol. The number of ketones is 1. The second-order valence-corrected chi connectivity index (χ2v) is 10.1. The molecule has 0 aromatic heterocycles. The van der Waals surface area contributed by atoms with E-state index in [9.17, 15) is 24.9 Å². The highest BCUT2D eigenvalue weighted by atomic mass is 16.4. The number of aliphatic hydroxyl groups is 3. The van der Waals surface area contributed by atoms with E-state index in [1.807, 2.05) is 19.1 Å². The highest BCUT2D eigenvalue weighted by molar-refractivity contribution is 6.09. The predicted octanol–water partition coefficient (Wildman–Crippen LogP) is 2.13. The molecule has 1 amide bonds.